The number of carbonyl (C=O) groups is 2. The van der Waals surface area contributed by atoms with Crippen molar-refractivity contribution in [1.82, 2.24) is 9.80 Å². The third kappa shape index (κ3) is 3.49. The Morgan fingerprint density at radius 1 is 1.35 bits per heavy atom. The van der Waals surface area contributed by atoms with Crippen LogP contribution in [0.4, 0.5) is 5.69 Å². The lowest BCUT2D eigenvalue weighted by Crippen LogP contribution is -2.49. The first-order chi connectivity index (χ1) is 9.61. The first kappa shape index (κ1) is 14.8. The van der Waals surface area contributed by atoms with E-state index in [4.69, 9.17) is 5.73 Å². The van der Waals surface area contributed by atoms with Crippen molar-refractivity contribution in [3.05, 3.63) is 16.3 Å². The largest absolute Gasteiger partial charge is 0.469 e. The molecule has 0 aromatic carbocycles. The number of nitrogens with zero attached hydrogens (tertiary/aromatic N) is 2. The van der Waals surface area contributed by atoms with E-state index in [0.29, 0.717) is 36.6 Å². The molecule has 0 spiro atoms. The smallest absolute Gasteiger partial charge is 0.306 e. The van der Waals surface area contributed by atoms with E-state index < -0.39 is 0 Å². The van der Waals surface area contributed by atoms with Crippen molar-refractivity contribution in [1.29, 1.82) is 0 Å². The molecule has 1 aromatic rings. The van der Waals surface area contributed by atoms with E-state index in [-0.39, 0.29) is 11.9 Å². The predicted molar refractivity (Wildman–Crippen MR) is 77.7 cm³/mol. The van der Waals surface area contributed by atoms with Crippen molar-refractivity contribution in [3.8, 4) is 0 Å². The van der Waals surface area contributed by atoms with Crippen LogP contribution in [0.1, 0.15) is 16.1 Å². The molecule has 2 heterocycles. The zero-order valence-corrected chi connectivity index (χ0v) is 12.3. The number of ether oxygens (including phenoxy) is 1. The third-order valence-electron chi connectivity index (χ3n) is 3.41. The average molecular weight is 297 g/mol. The Morgan fingerprint density at radius 3 is 2.60 bits per heavy atom. The van der Waals surface area contributed by atoms with Crippen LogP contribution in [0.5, 0.6) is 0 Å². The number of nitrogen functional groups attached to an aromatic ring is 1. The molecule has 0 atom stereocenters. The summed E-state index contributed by atoms with van der Waals surface area (Å²) >= 11 is 1.38. The number of anilines is 1. The van der Waals surface area contributed by atoms with Gasteiger partial charge in [0.15, 0.2) is 0 Å². The first-order valence-electron chi connectivity index (χ1n) is 6.53. The number of rotatable bonds is 4. The summed E-state index contributed by atoms with van der Waals surface area (Å²) in [6.45, 7) is 3.55. The third-order valence-corrected chi connectivity index (χ3v) is 4.33. The topological polar surface area (TPSA) is 75.9 Å². The number of piperazine rings is 1. The van der Waals surface area contributed by atoms with Crippen LogP contribution in [-0.4, -0.2) is 61.5 Å². The number of esters is 1. The lowest BCUT2D eigenvalue weighted by molar-refractivity contribution is -0.141. The standard InChI is InChI=1S/C13H19N3O3S/c1-19-11(17)2-4-15-5-7-16(8-6-15)13(18)12-10(14)3-9-20-12/h3,9H,2,4-8,14H2,1H3. The number of methoxy groups -OCH3 is 1. The van der Waals surface area contributed by atoms with Crippen LogP contribution in [0.3, 0.4) is 0 Å². The zero-order chi connectivity index (χ0) is 14.5. The van der Waals surface area contributed by atoms with Crippen LogP contribution in [0.15, 0.2) is 11.4 Å². The molecule has 110 valence electrons. The van der Waals surface area contributed by atoms with Crippen LogP contribution in [0.2, 0.25) is 0 Å². The highest BCUT2D eigenvalue weighted by molar-refractivity contribution is 7.12. The maximum atomic E-state index is 12.3. The highest BCUT2D eigenvalue weighted by Crippen LogP contribution is 2.21. The highest BCUT2D eigenvalue weighted by Gasteiger charge is 2.24. The van der Waals surface area contributed by atoms with Gasteiger partial charge in [-0.25, -0.2) is 0 Å². The molecule has 7 heteroatoms. The van der Waals surface area contributed by atoms with Gasteiger partial charge in [-0.2, -0.15) is 0 Å². The number of hydrogen-bond acceptors (Lipinski definition) is 6. The fourth-order valence-electron chi connectivity index (χ4n) is 2.16. The summed E-state index contributed by atoms with van der Waals surface area (Å²) < 4.78 is 4.62. The zero-order valence-electron chi connectivity index (χ0n) is 11.5. The van der Waals surface area contributed by atoms with Crippen LogP contribution in [-0.2, 0) is 9.53 Å². The van der Waals surface area contributed by atoms with Crippen LogP contribution < -0.4 is 5.73 Å². The molecule has 0 unspecified atom stereocenters. The number of thiophene rings is 1. The molecule has 1 aromatic heterocycles. The second-order valence-corrected chi connectivity index (χ2v) is 5.58. The highest BCUT2D eigenvalue weighted by atomic mass is 32.1. The molecule has 0 saturated carbocycles. The summed E-state index contributed by atoms with van der Waals surface area (Å²) in [6.07, 6.45) is 0.391. The number of carbonyl (C=O) groups excluding carboxylic acids is 2. The van der Waals surface area contributed by atoms with E-state index >= 15 is 0 Å². The van der Waals surface area contributed by atoms with Gasteiger partial charge in [0.2, 0.25) is 0 Å². The summed E-state index contributed by atoms with van der Waals surface area (Å²) in [7, 11) is 1.39. The monoisotopic (exact) mass is 297 g/mol. The van der Waals surface area contributed by atoms with E-state index in [9.17, 15) is 9.59 Å². The molecule has 0 radical (unpaired) electrons. The molecule has 20 heavy (non-hydrogen) atoms. The second kappa shape index (κ2) is 6.71. The van der Waals surface area contributed by atoms with Gasteiger partial charge in [-0.05, 0) is 11.4 Å². The van der Waals surface area contributed by atoms with E-state index in [2.05, 4.69) is 9.64 Å². The molecular formula is C13H19N3O3S. The molecule has 1 fully saturated rings. The lowest BCUT2D eigenvalue weighted by Gasteiger charge is -2.34. The maximum absolute atomic E-state index is 12.3. The molecule has 1 saturated heterocycles. The predicted octanol–water partition coefficient (Wildman–Crippen LogP) is 0.651. The minimum Gasteiger partial charge on any atom is -0.469 e. The normalized spacial score (nSPS) is 16.1. The van der Waals surface area contributed by atoms with Gasteiger partial charge in [-0.15, -0.1) is 11.3 Å². The quantitative estimate of drug-likeness (QED) is 0.826. The Hall–Kier alpha value is -1.60. The molecule has 1 aliphatic heterocycles. The summed E-state index contributed by atoms with van der Waals surface area (Å²) in [5, 5.41) is 1.83. The molecule has 6 nitrogen and oxygen atoms in total. The van der Waals surface area contributed by atoms with Crippen LogP contribution >= 0.6 is 11.3 Å². The van der Waals surface area contributed by atoms with E-state index in [1.807, 2.05) is 10.3 Å². The van der Waals surface area contributed by atoms with Crippen LogP contribution in [0.25, 0.3) is 0 Å². The van der Waals surface area contributed by atoms with Crippen molar-refractivity contribution in [2.45, 2.75) is 6.42 Å². The van der Waals surface area contributed by atoms with Crippen molar-refractivity contribution < 1.29 is 14.3 Å². The van der Waals surface area contributed by atoms with Crippen molar-refractivity contribution in [3.63, 3.8) is 0 Å². The van der Waals surface area contributed by atoms with Gasteiger partial charge in [-0.1, -0.05) is 0 Å². The molecule has 0 bridgehead atoms. The first-order valence-corrected chi connectivity index (χ1v) is 7.41. The Morgan fingerprint density at radius 2 is 2.05 bits per heavy atom. The molecular weight excluding hydrogens is 278 g/mol. The minimum atomic E-state index is -0.199. The van der Waals surface area contributed by atoms with E-state index in [0.717, 1.165) is 13.1 Å². The van der Waals surface area contributed by atoms with Crippen molar-refractivity contribution in [2.75, 3.05) is 45.6 Å². The Labute approximate surface area is 122 Å². The maximum Gasteiger partial charge on any atom is 0.306 e. The Kier molecular flexibility index (Phi) is 4.97. The number of amides is 1. The van der Waals surface area contributed by atoms with Crippen molar-refractivity contribution in [2.24, 2.45) is 0 Å². The van der Waals surface area contributed by atoms with Gasteiger partial charge in [0.25, 0.3) is 5.91 Å². The average Bonchev–Trinajstić information content (AvgIpc) is 2.90. The Balaban J connectivity index is 1.81. The van der Waals surface area contributed by atoms with Gasteiger partial charge < -0.3 is 15.4 Å². The molecule has 2 N–H and O–H groups in total. The Bertz CT molecular complexity index is 481. The van der Waals surface area contributed by atoms with E-state index in [1.54, 1.807) is 6.07 Å². The summed E-state index contributed by atoms with van der Waals surface area (Å²) in [6, 6.07) is 1.75. The fraction of sp³-hybridized carbons (Fsp3) is 0.538. The van der Waals surface area contributed by atoms with Gasteiger partial charge in [0.05, 0.1) is 19.2 Å². The van der Waals surface area contributed by atoms with Gasteiger partial charge in [-0.3, -0.25) is 14.5 Å². The minimum absolute atomic E-state index is 0.00474. The lowest BCUT2D eigenvalue weighted by atomic mass is 10.2. The molecule has 0 aliphatic carbocycles. The van der Waals surface area contributed by atoms with Gasteiger partial charge in [0, 0.05) is 32.7 Å². The molecule has 1 amide bonds. The number of hydrogen-bond donors (Lipinski definition) is 1. The second-order valence-electron chi connectivity index (χ2n) is 4.67. The SMILES string of the molecule is COC(=O)CCN1CCN(C(=O)c2sccc2N)CC1. The molecule has 2 rings (SSSR count). The fourth-order valence-corrected chi connectivity index (χ4v) is 2.95. The van der Waals surface area contributed by atoms with Gasteiger partial charge >= 0.3 is 5.97 Å². The summed E-state index contributed by atoms with van der Waals surface area (Å²) in [5.74, 6) is -0.194. The van der Waals surface area contributed by atoms with Crippen LogP contribution in [0, 0.1) is 0 Å². The molecule has 1 aliphatic rings. The number of nitrogens with two attached hydrogens (primary N) is 1. The van der Waals surface area contributed by atoms with Gasteiger partial charge in [0.1, 0.15) is 4.88 Å². The summed E-state index contributed by atoms with van der Waals surface area (Å²) in [4.78, 5) is 28.0. The van der Waals surface area contributed by atoms with Crippen molar-refractivity contribution >= 4 is 28.9 Å². The summed E-state index contributed by atoms with van der Waals surface area (Å²) in [5.41, 5.74) is 6.32. The van der Waals surface area contributed by atoms with E-state index in [1.165, 1.54) is 18.4 Å².